The van der Waals surface area contributed by atoms with E-state index in [0.717, 1.165) is 21.3 Å². The maximum Gasteiger partial charge on any atom is 0.277 e. The molecule has 0 amide bonds. The van der Waals surface area contributed by atoms with Crippen molar-refractivity contribution >= 4 is 27.7 Å². The molecule has 7 nitrogen and oxygen atoms in total. The molecule has 4 aromatic rings. The number of ether oxygens (including phenoxy) is 1. The van der Waals surface area contributed by atoms with Gasteiger partial charge >= 0.3 is 0 Å². The number of nitrogens with zero attached hydrogens (tertiary/aromatic N) is 4. The normalized spacial score (nSPS) is 10.9. The van der Waals surface area contributed by atoms with E-state index in [4.69, 9.17) is 13.6 Å². The largest absolute Gasteiger partial charge is 0.484 e. The third-order valence-electron chi connectivity index (χ3n) is 3.68. The van der Waals surface area contributed by atoms with Gasteiger partial charge in [-0.25, -0.2) is 0 Å². The van der Waals surface area contributed by atoms with Crippen molar-refractivity contribution in [2.45, 2.75) is 24.5 Å². The van der Waals surface area contributed by atoms with Gasteiger partial charge in [0.05, 0.1) is 5.75 Å². The van der Waals surface area contributed by atoms with Gasteiger partial charge in [0.1, 0.15) is 5.75 Å². The monoisotopic (exact) mass is 458 g/mol. The molecule has 0 radical (unpaired) electrons. The van der Waals surface area contributed by atoms with Gasteiger partial charge in [-0.2, -0.15) is 0 Å². The van der Waals surface area contributed by atoms with Gasteiger partial charge < -0.3 is 13.6 Å². The molecule has 2 aromatic heterocycles. The van der Waals surface area contributed by atoms with Gasteiger partial charge in [-0.05, 0) is 48.9 Å². The van der Waals surface area contributed by atoms with Crippen molar-refractivity contribution in [1.82, 2.24) is 20.4 Å². The van der Waals surface area contributed by atoms with E-state index in [-0.39, 0.29) is 6.61 Å². The molecule has 2 aromatic carbocycles. The maximum atomic E-state index is 5.68. The summed E-state index contributed by atoms with van der Waals surface area (Å²) >= 11 is 4.73. The second-order valence-electron chi connectivity index (χ2n) is 5.86. The van der Waals surface area contributed by atoms with Gasteiger partial charge in [0.15, 0.2) is 6.61 Å². The molecule has 0 bridgehead atoms. The zero-order valence-electron chi connectivity index (χ0n) is 14.8. The average molecular weight is 459 g/mol. The molecular weight excluding hydrogens is 444 g/mol. The van der Waals surface area contributed by atoms with Crippen molar-refractivity contribution in [2.24, 2.45) is 0 Å². The third kappa shape index (κ3) is 4.79. The lowest BCUT2D eigenvalue weighted by Gasteiger charge is -2.03. The molecule has 0 aliphatic carbocycles. The standard InChI is InChI=1S/C19H15BrN4O3S/c1-12-3-2-4-15(9-12)25-10-16-21-24-19(27-16)28-11-17-22-23-18(26-17)13-5-7-14(20)8-6-13/h2-9H,10-11H2,1H3. The zero-order chi connectivity index (χ0) is 19.3. The molecule has 0 aliphatic heterocycles. The number of benzene rings is 2. The molecule has 0 atom stereocenters. The number of aryl methyl sites for hydroxylation is 1. The number of hydrogen-bond acceptors (Lipinski definition) is 8. The quantitative estimate of drug-likeness (QED) is 0.355. The van der Waals surface area contributed by atoms with Gasteiger partial charge in [-0.15, -0.1) is 20.4 Å². The first-order chi connectivity index (χ1) is 13.7. The van der Waals surface area contributed by atoms with Crippen LogP contribution in [0.2, 0.25) is 0 Å². The molecule has 4 rings (SSSR count). The predicted molar refractivity (Wildman–Crippen MR) is 107 cm³/mol. The van der Waals surface area contributed by atoms with Crippen LogP contribution in [-0.2, 0) is 12.4 Å². The highest BCUT2D eigenvalue weighted by Gasteiger charge is 2.12. The first kappa shape index (κ1) is 18.7. The first-order valence-corrected chi connectivity index (χ1v) is 10.2. The van der Waals surface area contributed by atoms with Crippen LogP contribution in [0.4, 0.5) is 0 Å². The predicted octanol–water partition coefficient (Wildman–Crippen LogP) is 5.06. The molecule has 142 valence electrons. The first-order valence-electron chi connectivity index (χ1n) is 8.39. The Labute approximate surface area is 173 Å². The average Bonchev–Trinajstić information content (AvgIpc) is 3.35. The molecule has 28 heavy (non-hydrogen) atoms. The minimum atomic E-state index is 0.214. The van der Waals surface area contributed by atoms with Crippen molar-refractivity contribution in [3.8, 4) is 17.2 Å². The minimum Gasteiger partial charge on any atom is -0.484 e. The second-order valence-corrected chi connectivity index (χ2v) is 7.71. The minimum absolute atomic E-state index is 0.214. The van der Waals surface area contributed by atoms with Gasteiger partial charge in [0.2, 0.25) is 11.8 Å². The summed E-state index contributed by atoms with van der Waals surface area (Å²) in [5.74, 6) is 2.56. The van der Waals surface area contributed by atoms with Crippen molar-refractivity contribution in [3.63, 3.8) is 0 Å². The molecule has 0 saturated heterocycles. The lowest BCUT2D eigenvalue weighted by atomic mass is 10.2. The van der Waals surface area contributed by atoms with E-state index in [0.29, 0.717) is 28.6 Å². The van der Waals surface area contributed by atoms with E-state index in [1.54, 1.807) is 0 Å². The summed E-state index contributed by atoms with van der Waals surface area (Å²) in [6.07, 6.45) is 0. The number of aromatic nitrogens is 4. The van der Waals surface area contributed by atoms with Gasteiger partial charge in [-0.1, -0.05) is 39.8 Å². The van der Waals surface area contributed by atoms with Crippen LogP contribution < -0.4 is 4.74 Å². The van der Waals surface area contributed by atoms with E-state index in [9.17, 15) is 0 Å². The van der Waals surface area contributed by atoms with E-state index in [1.807, 2.05) is 55.5 Å². The molecular formula is C19H15BrN4O3S. The van der Waals surface area contributed by atoms with Gasteiger partial charge in [0.25, 0.3) is 11.1 Å². The smallest absolute Gasteiger partial charge is 0.277 e. The van der Waals surface area contributed by atoms with E-state index in [2.05, 4.69) is 36.3 Å². The molecule has 0 N–H and O–H groups in total. The number of thioether (sulfide) groups is 1. The lowest BCUT2D eigenvalue weighted by molar-refractivity contribution is 0.252. The number of rotatable bonds is 7. The van der Waals surface area contributed by atoms with Gasteiger partial charge in [-0.3, -0.25) is 0 Å². The Bertz CT molecular complexity index is 1060. The summed E-state index contributed by atoms with van der Waals surface area (Å²) in [7, 11) is 0. The molecule has 9 heteroatoms. The molecule has 0 saturated carbocycles. The second kappa shape index (κ2) is 8.57. The highest BCUT2D eigenvalue weighted by atomic mass is 79.9. The van der Waals surface area contributed by atoms with E-state index >= 15 is 0 Å². The Morgan fingerprint density at radius 2 is 1.79 bits per heavy atom. The molecule has 0 fully saturated rings. The van der Waals surface area contributed by atoms with Crippen molar-refractivity contribution in [3.05, 3.63) is 70.3 Å². The summed E-state index contributed by atoms with van der Waals surface area (Å²) in [6, 6.07) is 15.4. The molecule has 0 unspecified atom stereocenters. The third-order valence-corrected chi connectivity index (χ3v) is 5.01. The number of halogens is 1. The van der Waals surface area contributed by atoms with Crippen LogP contribution in [0.5, 0.6) is 5.75 Å². The fourth-order valence-corrected chi connectivity index (χ4v) is 3.23. The van der Waals surface area contributed by atoms with Crippen LogP contribution in [0.25, 0.3) is 11.5 Å². The fourth-order valence-electron chi connectivity index (χ4n) is 2.35. The zero-order valence-corrected chi connectivity index (χ0v) is 17.2. The Morgan fingerprint density at radius 1 is 0.964 bits per heavy atom. The highest BCUT2D eigenvalue weighted by Crippen LogP contribution is 2.25. The van der Waals surface area contributed by atoms with Crippen LogP contribution in [0.3, 0.4) is 0 Å². The summed E-state index contributed by atoms with van der Waals surface area (Å²) in [5, 5.41) is 16.6. The summed E-state index contributed by atoms with van der Waals surface area (Å²) < 4.78 is 17.9. The highest BCUT2D eigenvalue weighted by molar-refractivity contribution is 9.10. The fraction of sp³-hybridized carbons (Fsp3) is 0.158. The summed E-state index contributed by atoms with van der Waals surface area (Å²) in [5.41, 5.74) is 1.99. The van der Waals surface area contributed by atoms with Crippen molar-refractivity contribution in [2.75, 3.05) is 0 Å². The van der Waals surface area contributed by atoms with Crippen LogP contribution in [0.1, 0.15) is 17.3 Å². The maximum absolute atomic E-state index is 5.68. The van der Waals surface area contributed by atoms with Crippen molar-refractivity contribution in [1.29, 1.82) is 0 Å². The molecule has 0 aliphatic rings. The van der Waals surface area contributed by atoms with Crippen LogP contribution in [0, 0.1) is 6.92 Å². The van der Waals surface area contributed by atoms with Gasteiger partial charge in [0, 0.05) is 10.0 Å². The summed E-state index contributed by atoms with van der Waals surface area (Å²) in [4.78, 5) is 0. The Balaban J connectivity index is 1.31. The van der Waals surface area contributed by atoms with E-state index in [1.165, 1.54) is 11.8 Å². The Kier molecular flexibility index (Phi) is 5.73. The van der Waals surface area contributed by atoms with Crippen molar-refractivity contribution < 1.29 is 13.6 Å². The number of hydrogen-bond donors (Lipinski definition) is 0. The SMILES string of the molecule is Cc1cccc(OCc2nnc(SCc3nnc(-c4ccc(Br)cc4)o3)o2)c1. The Hall–Kier alpha value is -2.65. The molecule has 2 heterocycles. The molecule has 0 spiro atoms. The van der Waals surface area contributed by atoms with Crippen LogP contribution in [-0.4, -0.2) is 20.4 Å². The lowest BCUT2D eigenvalue weighted by Crippen LogP contribution is -1.95. The van der Waals surface area contributed by atoms with Crippen LogP contribution >= 0.6 is 27.7 Å². The van der Waals surface area contributed by atoms with Crippen LogP contribution in [0.15, 0.2) is 67.1 Å². The van der Waals surface area contributed by atoms with E-state index < -0.39 is 0 Å². The Morgan fingerprint density at radius 3 is 2.61 bits per heavy atom. The topological polar surface area (TPSA) is 87.1 Å². The summed E-state index contributed by atoms with van der Waals surface area (Å²) in [6.45, 7) is 2.22.